The van der Waals surface area contributed by atoms with Gasteiger partial charge in [0.05, 0.1) is 17.2 Å². The smallest absolute Gasteiger partial charge is 0.154 e. The van der Waals surface area contributed by atoms with Gasteiger partial charge in [-0.05, 0) is 18.1 Å². The summed E-state index contributed by atoms with van der Waals surface area (Å²) < 4.78 is 22.9. The first kappa shape index (κ1) is 11.3. The van der Waals surface area contributed by atoms with E-state index in [0.717, 1.165) is 24.2 Å². The summed E-state index contributed by atoms with van der Waals surface area (Å²) in [5, 5.41) is 11.2. The minimum Gasteiger partial charge on any atom is -0.369 e. The maximum atomic E-state index is 11.5. The highest BCUT2D eigenvalue weighted by molar-refractivity contribution is 7.90. The highest BCUT2D eigenvalue weighted by atomic mass is 32.2. The summed E-state index contributed by atoms with van der Waals surface area (Å²) in [6.07, 6.45) is 1.48. The number of nitrogens with one attached hydrogen (secondary N) is 1. The van der Waals surface area contributed by atoms with Crippen molar-refractivity contribution in [3.8, 4) is 0 Å². The third-order valence-corrected chi connectivity index (χ3v) is 4.12. The average molecular weight is 241 g/mol. The summed E-state index contributed by atoms with van der Waals surface area (Å²) >= 11 is 0. The fourth-order valence-corrected chi connectivity index (χ4v) is 3.06. The van der Waals surface area contributed by atoms with E-state index >= 15 is 0 Å². The third kappa shape index (κ3) is 2.49. The van der Waals surface area contributed by atoms with Gasteiger partial charge in [0, 0.05) is 13.0 Å². The molecule has 1 aromatic heterocycles. The zero-order chi connectivity index (χ0) is 11.6. The van der Waals surface area contributed by atoms with Crippen LogP contribution in [0.3, 0.4) is 0 Å². The second-order valence-corrected chi connectivity index (χ2v) is 6.15. The Morgan fingerprint density at radius 1 is 1.44 bits per heavy atom. The van der Waals surface area contributed by atoms with Gasteiger partial charge in [0.15, 0.2) is 9.84 Å². The molecule has 1 aliphatic rings. The van der Waals surface area contributed by atoms with E-state index in [4.69, 9.17) is 0 Å². The van der Waals surface area contributed by atoms with Gasteiger partial charge in [-0.25, -0.2) is 8.42 Å². The molecule has 0 aliphatic carbocycles. The van der Waals surface area contributed by atoms with Crippen LogP contribution in [0.1, 0.15) is 24.6 Å². The molecule has 0 amide bonds. The molecule has 0 aromatic carbocycles. The van der Waals surface area contributed by atoms with Crippen molar-refractivity contribution in [1.29, 1.82) is 0 Å². The number of sulfone groups is 1. The molecule has 1 N–H and O–H groups in total. The van der Waals surface area contributed by atoms with E-state index in [2.05, 4.69) is 22.4 Å². The van der Waals surface area contributed by atoms with E-state index in [1.807, 2.05) is 0 Å². The van der Waals surface area contributed by atoms with Crippen molar-refractivity contribution in [3.05, 3.63) is 17.3 Å². The van der Waals surface area contributed by atoms with Gasteiger partial charge in [-0.15, -0.1) is 5.10 Å². The number of rotatable bonds is 3. The molecule has 0 saturated carbocycles. The molecule has 16 heavy (non-hydrogen) atoms. The number of aromatic nitrogens is 2. The zero-order valence-corrected chi connectivity index (χ0v) is 10.0. The van der Waals surface area contributed by atoms with Crippen LogP contribution < -0.4 is 5.32 Å². The Labute approximate surface area is 95.2 Å². The number of fused-ring (bicyclic) bond motifs is 1. The Morgan fingerprint density at radius 3 is 3.00 bits per heavy atom. The maximum absolute atomic E-state index is 11.5. The fourth-order valence-electron chi connectivity index (χ4n) is 1.69. The zero-order valence-electron chi connectivity index (χ0n) is 9.23. The second-order valence-electron chi connectivity index (χ2n) is 3.97. The number of anilines is 1. The first-order valence-corrected chi connectivity index (χ1v) is 7.22. The normalized spacial score (nSPS) is 17.8. The molecule has 1 aliphatic heterocycles. The van der Waals surface area contributed by atoms with Gasteiger partial charge in [-0.1, -0.05) is 6.92 Å². The largest absolute Gasteiger partial charge is 0.369 e. The van der Waals surface area contributed by atoms with Gasteiger partial charge in [0.2, 0.25) is 0 Å². The number of nitrogens with zero attached hydrogens (tertiary/aromatic N) is 2. The van der Waals surface area contributed by atoms with E-state index < -0.39 is 9.84 Å². The van der Waals surface area contributed by atoms with Crippen LogP contribution in [0.2, 0.25) is 0 Å². The van der Waals surface area contributed by atoms with Crippen LogP contribution in [0.4, 0.5) is 5.82 Å². The Bertz CT molecular complexity index is 485. The molecule has 2 rings (SSSR count). The molecule has 0 atom stereocenters. The van der Waals surface area contributed by atoms with E-state index in [9.17, 15) is 8.42 Å². The lowest BCUT2D eigenvalue weighted by Gasteiger charge is -2.15. The van der Waals surface area contributed by atoms with E-state index in [1.165, 1.54) is 0 Å². The van der Waals surface area contributed by atoms with Gasteiger partial charge in [-0.3, -0.25) is 0 Å². The van der Waals surface area contributed by atoms with Crippen molar-refractivity contribution < 1.29 is 8.42 Å². The topological polar surface area (TPSA) is 72.0 Å². The van der Waals surface area contributed by atoms with Crippen LogP contribution in [-0.2, 0) is 22.0 Å². The Kier molecular flexibility index (Phi) is 3.09. The van der Waals surface area contributed by atoms with Crippen molar-refractivity contribution in [2.24, 2.45) is 0 Å². The maximum Gasteiger partial charge on any atom is 0.154 e. The Morgan fingerprint density at radius 2 is 2.25 bits per heavy atom. The molecule has 0 saturated heterocycles. The first-order valence-electron chi connectivity index (χ1n) is 5.40. The predicted octanol–water partition coefficient (Wildman–Crippen LogP) is 0.769. The van der Waals surface area contributed by atoms with Crippen LogP contribution in [0.25, 0.3) is 0 Å². The summed E-state index contributed by atoms with van der Waals surface area (Å²) in [6, 6.07) is 1.80. The predicted molar refractivity (Wildman–Crippen MR) is 62.0 cm³/mol. The summed E-state index contributed by atoms with van der Waals surface area (Å²) in [6.45, 7) is 2.88. The molecule has 0 spiro atoms. The summed E-state index contributed by atoms with van der Waals surface area (Å²) in [5.41, 5.74) is 1.61. The van der Waals surface area contributed by atoms with Crippen LogP contribution in [0.15, 0.2) is 6.07 Å². The Balaban J connectivity index is 2.24. The van der Waals surface area contributed by atoms with Gasteiger partial charge in [0.25, 0.3) is 0 Å². The lowest BCUT2D eigenvalue weighted by molar-refractivity contribution is 0.590. The molecule has 88 valence electrons. The summed E-state index contributed by atoms with van der Waals surface area (Å²) in [5.74, 6) is 0.951. The van der Waals surface area contributed by atoms with Crippen molar-refractivity contribution in [2.45, 2.75) is 25.5 Å². The molecule has 0 radical (unpaired) electrons. The van der Waals surface area contributed by atoms with Crippen LogP contribution in [0, 0.1) is 0 Å². The monoisotopic (exact) mass is 241 g/mol. The highest BCUT2D eigenvalue weighted by Gasteiger charge is 2.22. The Hall–Kier alpha value is -1.17. The first-order chi connectivity index (χ1) is 7.61. The van der Waals surface area contributed by atoms with Crippen LogP contribution in [-0.4, -0.2) is 30.9 Å². The van der Waals surface area contributed by atoms with E-state index in [1.54, 1.807) is 6.07 Å². The average Bonchev–Trinajstić information content (AvgIpc) is 2.24. The molecular formula is C10H15N3O2S. The number of hydrogen-bond donors (Lipinski definition) is 1. The second kappa shape index (κ2) is 4.37. The van der Waals surface area contributed by atoms with Crippen LogP contribution in [0.5, 0.6) is 0 Å². The van der Waals surface area contributed by atoms with Crippen molar-refractivity contribution in [2.75, 3.05) is 17.6 Å². The van der Waals surface area contributed by atoms with Crippen molar-refractivity contribution >= 4 is 15.7 Å². The quantitative estimate of drug-likeness (QED) is 0.846. The molecule has 5 nitrogen and oxygen atoms in total. The van der Waals surface area contributed by atoms with Crippen molar-refractivity contribution in [3.63, 3.8) is 0 Å². The lowest BCUT2D eigenvalue weighted by atomic mass is 10.2. The standard InChI is InChI=1S/C10H15N3O2S/c1-2-4-11-10-6-8-7-16(14,15)5-3-9(8)12-13-10/h6H,2-5,7H2,1H3,(H,11,13). The van der Waals surface area contributed by atoms with E-state index in [-0.39, 0.29) is 11.5 Å². The SMILES string of the molecule is CCCNc1cc2c(nn1)CCS(=O)(=O)C2. The molecule has 1 aromatic rings. The van der Waals surface area contributed by atoms with Gasteiger partial charge in [-0.2, -0.15) is 5.10 Å². The number of aryl methyl sites for hydroxylation is 1. The minimum atomic E-state index is -2.93. The molecule has 0 fully saturated rings. The molecule has 0 bridgehead atoms. The molecule has 6 heteroatoms. The molecular weight excluding hydrogens is 226 g/mol. The fraction of sp³-hybridized carbons (Fsp3) is 0.600. The molecule has 0 unspecified atom stereocenters. The van der Waals surface area contributed by atoms with Crippen LogP contribution >= 0.6 is 0 Å². The van der Waals surface area contributed by atoms with Gasteiger partial charge >= 0.3 is 0 Å². The third-order valence-electron chi connectivity index (χ3n) is 2.54. The summed E-state index contributed by atoms with van der Waals surface area (Å²) in [4.78, 5) is 0. The van der Waals surface area contributed by atoms with E-state index in [0.29, 0.717) is 12.2 Å². The van der Waals surface area contributed by atoms with Gasteiger partial charge < -0.3 is 5.32 Å². The van der Waals surface area contributed by atoms with Crippen molar-refractivity contribution in [1.82, 2.24) is 10.2 Å². The minimum absolute atomic E-state index is 0.0959. The lowest BCUT2D eigenvalue weighted by Crippen LogP contribution is -2.21. The molecule has 2 heterocycles. The summed E-state index contributed by atoms with van der Waals surface area (Å²) in [7, 11) is -2.93. The number of hydrogen-bond acceptors (Lipinski definition) is 5. The highest BCUT2D eigenvalue weighted by Crippen LogP contribution is 2.20. The van der Waals surface area contributed by atoms with Gasteiger partial charge in [0.1, 0.15) is 5.82 Å².